The van der Waals surface area contributed by atoms with Gasteiger partial charge in [-0.2, -0.15) is 17.7 Å². The molecule has 1 aliphatic carbocycles. The Bertz CT molecular complexity index is 2590. The van der Waals surface area contributed by atoms with Gasteiger partial charge in [-0.25, -0.2) is 23.3 Å². The van der Waals surface area contributed by atoms with Gasteiger partial charge in [0.2, 0.25) is 11.8 Å². The lowest BCUT2D eigenvalue weighted by atomic mass is 10.0. The second-order valence-electron chi connectivity index (χ2n) is 18.4. The van der Waals surface area contributed by atoms with Crippen LogP contribution >= 0.6 is 11.3 Å². The normalized spacial score (nSPS) is 23.6. The van der Waals surface area contributed by atoms with Crippen LogP contribution in [0.4, 0.5) is 13.6 Å². The van der Waals surface area contributed by atoms with Crippen LogP contribution in [-0.2, 0) is 35.8 Å². The number of halogens is 2. The maximum Gasteiger partial charge on any atom is 0.408 e. The Morgan fingerprint density at radius 2 is 1.82 bits per heavy atom. The first-order valence-corrected chi connectivity index (χ1v) is 24.1. The van der Waals surface area contributed by atoms with Crippen molar-refractivity contribution in [2.24, 2.45) is 5.92 Å². The van der Waals surface area contributed by atoms with Gasteiger partial charge in [-0.1, -0.05) is 31.1 Å². The number of ether oxygens (including phenoxy) is 2. The van der Waals surface area contributed by atoms with Crippen LogP contribution in [0.25, 0.3) is 21.6 Å². The molecule has 2 aromatic carbocycles. The summed E-state index contributed by atoms with van der Waals surface area (Å²) in [4.78, 5) is 67.4. The Morgan fingerprint density at radius 3 is 2.51 bits per heavy atom. The minimum absolute atomic E-state index is 0.0321. The highest BCUT2D eigenvalue weighted by Crippen LogP contribution is 2.46. The number of rotatable bonds is 10. The molecule has 65 heavy (non-hydrogen) atoms. The molecule has 2 fully saturated rings. The molecule has 4 heterocycles. The molecule has 350 valence electrons. The van der Waals surface area contributed by atoms with E-state index in [0.29, 0.717) is 40.2 Å². The zero-order chi connectivity index (χ0) is 47.0. The van der Waals surface area contributed by atoms with Gasteiger partial charge in [0, 0.05) is 55.9 Å². The maximum absolute atomic E-state index is 14.7. The van der Waals surface area contributed by atoms with Crippen LogP contribution in [0.2, 0.25) is 0 Å². The van der Waals surface area contributed by atoms with Crippen LogP contribution in [0.5, 0.6) is 6.01 Å². The predicted octanol–water partition coefficient (Wildman–Crippen LogP) is 6.17. The standard InChI is InChI=1S/C45H56F2N8O8S2/c1-26(2)55-35-17-13-15-33(39-48-31(25-64-39)20-27-18-29(46)21-30(47)19-27)37(35)50-42(55)62-32-22-36-38(56)51-45(41(58)52-65(60,61)53(6)7)23-28(45)14-11-9-8-10-12-16-34(40(57)54(36)24-32)49-43(59)63-44(3,4)5/h11,13-15,17-19,21,25-26,28,32,34,36H,8-10,12,16,20,22-24H2,1-7H3,(H,49,59)(H,51,56)(H,52,58)/b14-11-/t28-,32-,34+,36+,45-/m1/s1. The fourth-order valence-electron chi connectivity index (χ4n) is 8.35. The number of benzene rings is 2. The molecular formula is C45H56F2N8O8S2. The summed E-state index contributed by atoms with van der Waals surface area (Å²) in [5.41, 5.74) is 0.612. The molecule has 16 nitrogen and oxygen atoms in total. The Balaban J connectivity index is 1.21. The van der Waals surface area contributed by atoms with Crippen molar-refractivity contribution in [3.05, 3.63) is 76.8 Å². The highest BCUT2D eigenvalue weighted by molar-refractivity contribution is 7.87. The summed E-state index contributed by atoms with van der Waals surface area (Å²) in [6.07, 6.45) is 5.41. The van der Waals surface area contributed by atoms with E-state index >= 15 is 0 Å². The van der Waals surface area contributed by atoms with E-state index in [0.717, 1.165) is 28.7 Å². The number of para-hydroxylation sites is 1. The van der Waals surface area contributed by atoms with Gasteiger partial charge in [0.05, 0.1) is 17.8 Å². The van der Waals surface area contributed by atoms with Crippen molar-refractivity contribution in [3.63, 3.8) is 0 Å². The number of hydrogen-bond acceptors (Lipinski definition) is 11. The number of carbonyl (C=O) groups excluding carboxylic acids is 4. The lowest BCUT2D eigenvalue weighted by Gasteiger charge is -2.30. The third kappa shape index (κ3) is 10.8. The number of hydrogen-bond donors (Lipinski definition) is 3. The van der Waals surface area contributed by atoms with Gasteiger partial charge in [-0.15, -0.1) is 11.3 Å². The number of nitrogens with zero attached hydrogens (tertiary/aromatic N) is 5. The SMILES string of the molecule is CC(C)n1c(O[C@@H]2C[C@H]3C(=O)N[C@]4(C(=O)NS(=O)(=O)N(C)C)C[C@H]4/C=C\CCCCC[C@H](NC(=O)OC(C)(C)C)C(=O)N3C2)nc2c(-c3nc(Cc4cc(F)cc(F)c4)cs3)cccc21. The molecule has 2 aromatic heterocycles. The molecule has 5 atom stereocenters. The van der Waals surface area contributed by atoms with Crippen LogP contribution < -0.4 is 20.1 Å². The van der Waals surface area contributed by atoms with Gasteiger partial charge < -0.3 is 25.0 Å². The van der Waals surface area contributed by atoms with Crippen molar-refractivity contribution in [2.45, 2.75) is 121 Å². The average molecular weight is 939 g/mol. The summed E-state index contributed by atoms with van der Waals surface area (Å²) in [7, 11) is -1.66. The van der Waals surface area contributed by atoms with Gasteiger partial charge >= 0.3 is 16.3 Å². The monoisotopic (exact) mass is 938 g/mol. The van der Waals surface area contributed by atoms with Crippen LogP contribution in [0, 0.1) is 17.6 Å². The zero-order valence-electron chi connectivity index (χ0n) is 37.5. The topological polar surface area (TPSA) is 194 Å². The fourth-order valence-corrected chi connectivity index (χ4v) is 9.79. The molecule has 20 heteroatoms. The molecule has 3 aliphatic rings. The molecule has 0 bridgehead atoms. The summed E-state index contributed by atoms with van der Waals surface area (Å²) in [5, 5.41) is 8.05. The molecule has 2 aliphatic heterocycles. The van der Waals surface area contributed by atoms with Crippen LogP contribution in [0.1, 0.15) is 96.9 Å². The summed E-state index contributed by atoms with van der Waals surface area (Å²) in [5.74, 6) is -3.99. The molecule has 1 saturated heterocycles. The van der Waals surface area contributed by atoms with Gasteiger partial charge in [-0.3, -0.25) is 19.0 Å². The van der Waals surface area contributed by atoms with Crippen molar-refractivity contribution in [1.82, 2.24) is 39.1 Å². The van der Waals surface area contributed by atoms with Gasteiger partial charge in [0.15, 0.2) is 0 Å². The molecule has 3 N–H and O–H groups in total. The highest BCUT2D eigenvalue weighted by atomic mass is 32.2. The quantitative estimate of drug-likeness (QED) is 0.155. The van der Waals surface area contributed by atoms with E-state index in [4.69, 9.17) is 19.4 Å². The Kier molecular flexibility index (Phi) is 13.7. The Morgan fingerprint density at radius 1 is 1.08 bits per heavy atom. The first-order chi connectivity index (χ1) is 30.6. The van der Waals surface area contributed by atoms with E-state index in [1.54, 1.807) is 20.8 Å². The lowest BCUT2D eigenvalue weighted by Crippen LogP contribution is -2.58. The number of fused-ring (bicyclic) bond motifs is 3. The number of imidazole rings is 1. The number of alkyl carbamates (subject to hydrolysis) is 1. The molecule has 0 radical (unpaired) electrons. The Hall–Kier alpha value is -5.47. The second kappa shape index (κ2) is 18.8. The Labute approximate surface area is 381 Å². The molecule has 4 aromatic rings. The third-order valence-electron chi connectivity index (χ3n) is 11.6. The third-order valence-corrected chi connectivity index (χ3v) is 13.9. The van der Waals surface area contributed by atoms with E-state index in [2.05, 4.69) is 15.4 Å². The predicted molar refractivity (Wildman–Crippen MR) is 240 cm³/mol. The van der Waals surface area contributed by atoms with Crippen molar-refractivity contribution < 1.29 is 45.9 Å². The first kappa shape index (κ1) is 47.5. The van der Waals surface area contributed by atoms with E-state index < -0.39 is 80.9 Å². The smallest absolute Gasteiger partial charge is 0.408 e. The number of carbonyl (C=O) groups is 4. The summed E-state index contributed by atoms with van der Waals surface area (Å²) >= 11 is 1.36. The molecular weight excluding hydrogens is 883 g/mol. The molecule has 1 saturated carbocycles. The van der Waals surface area contributed by atoms with Crippen molar-refractivity contribution in [2.75, 3.05) is 20.6 Å². The van der Waals surface area contributed by atoms with E-state index in [1.165, 1.54) is 42.5 Å². The number of allylic oxidation sites excluding steroid dienone is 1. The second-order valence-corrected chi connectivity index (χ2v) is 21.1. The van der Waals surface area contributed by atoms with E-state index in [9.17, 15) is 36.4 Å². The van der Waals surface area contributed by atoms with Gasteiger partial charge in [0.1, 0.15) is 51.5 Å². The van der Waals surface area contributed by atoms with Gasteiger partial charge in [-0.05, 0) is 90.1 Å². The average Bonchev–Trinajstić information content (AvgIpc) is 3.52. The fraction of sp³-hybridized carbons (Fsp3) is 0.511. The number of thiazole rings is 1. The van der Waals surface area contributed by atoms with E-state index in [1.807, 2.05) is 54.1 Å². The lowest BCUT2D eigenvalue weighted by molar-refractivity contribution is -0.141. The zero-order valence-corrected chi connectivity index (χ0v) is 39.2. The van der Waals surface area contributed by atoms with Crippen molar-refractivity contribution in [1.29, 1.82) is 0 Å². The summed E-state index contributed by atoms with van der Waals surface area (Å²) in [6, 6.07) is 6.78. The first-order valence-electron chi connectivity index (χ1n) is 21.7. The summed E-state index contributed by atoms with van der Waals surface area (Å²) < 4.78 is 70.6. The molecule has 0 unspecified atom stereocenters. The minimum atomic E-state index is -4.22. The molecule has 4 amide bonds. The maximum atomic E-state index is 14.7. The minimum Gasteiger partial charge on any atom is -0.459 e. The number of amides is 4. The molecule has 7 rings (SSSR count). The van der Waals surface area contributed by atoms with Crippen LogP contribution in [0.15, 0.2) is 53.9 Å². The largest absolute Gasteiger partial charge is 0.459 e. The molecule has 0 spiro atoms. The number of aromatic nitrogens is 3. The van der Waals surface area contributed by atoms with Crippen molar-refractivity contribution >= 4 is 56.4 Å². The summed E-state index contributed by atoms with van der Waals surface area (Å²) in [6.45, 7) is 8.97. The van der Waals surface area contributed by atoms with Crippen LogP contribution in [-0.4, -0.2) is 106 Å². The van der Waals surface area contributed by atoms with E-state index in [-0.39, 0.29) is 44.3 Å². The number of nitrogens with one attached hydrogen (secondary N) is 3. The van der Waals surface area contributed by atoms with Crippen molar-refractivity contribution in [3.8, 4) is 16.6 Å². The van der Waals surface area contributed by atoms with Crippen LogP contribution in [0.3, 0.4) is 0 Å². The van der Waals surface area contributed by atoms with Gasteiger partial charge in [0.25, 0.3) is 11.9 Å². The highest BCUT2D eigenvalue weighted by Gasteiger charge is 2.62.